The molecule has 3 saturated heterocycles. The number of hydrogen-bond donors (Lipinski definition) is 3. The van der Waals surface area contributed by atoms with Gasteiger partial charge in [0.25, 0.3) is 0 Å². The standard InChI is InChI=1S/C26H34N6O4S/c1-17-12-18-13-19(7-8-22(18)36-17)28-26(30-24(34)21-15-37-16-27-21)29-20-6-2-3-11-32(25(20)35)14-23(33)31-9-4-5-10-31/h7-8,12-13,20-21,27H,2-6,9-11,14-16H2,1H3,(H2,28,29,30,34). The molecule has 3 aliphatic rings. The number of aryl methyl sites for hydroxylation is 1. The van der Waals surface area contributed by atoms with Gasteiger partial charge in [0.1, 0.15) is 17.4 Å². The highest BCUT2D eigenvalue weighted by Gasteiger charge is 2.31. The lowest BCUT2D eigenvalue weighted by Gasteiger charge is -2.25. The Bertz CT molecular complexity index is 1180. The number of benzene rings is 1. The van der Waals surface area contributed by atoms with Gasteiger partial charge in [0.2, 0.25) is 23.7 Å². The minimum atomic E-state index is -0.678. The van der Waals surface area contributed by atoms with Crippen molar-refractivity contribution in [3.63, 3.8) is 0 Å². The normalized spacial score (nSPS) is 22.9. The summed E-state index contributed by atoms with van der Waals surface area (Å²) in [5.41, 5.74) is 1.50. The Hall–Kier alpha value is -3.05. The molecule has 0 bridgehead atoms. The van der Waals surface area contributed by atoms with Crippen LogP contribution in [-0.2, 0) is 14.4 Å². The summed E-state index contributed by atoms with van der Waals surface area (Å²) in [5.74, 6) is 2.06. The third-order valence-electron chi connectivity index (χ3n) is 7.00. The van der Waals surface area contributed by atoms with Crippen LogP contribution in [0.2, 0.25) is 0 Å². The number of nitrogens with one attached hydrogen (secondary N) is 3. The van der Waals surface area contributed by atoms with Gasteiger partial charge in [0, 0.05) is 42.3 Å². The number of carbonyl (C=O) groups excluding carboxylic acids is 3. The number of hydrogen-bond acceptors (Lipinski definition) is 7. The van der Waals surface area contributed by atoms with Gasteiger partial charge in [-0.3, -0.25) is 25.0 Å². The van der Waals surface area contributed by atoms with E-state index in [0.717, 1.165) is 67.1 Å². The first kappa shape index (κ1) is 25.6. The third-order valence-corrected chi connectivity index (χ3v) is 7.94. The number of thioether (sulfide) groups is 1. The molecule has 0 saturated carbocycles. The highest BCUT2D eigenvalue weighted by Crippen LogP contribution is 2.23. The van der Waals surface area contributed by atoms with Crippen molar-refractivity contribution in [1.29, 1.82) is 0 Å². The van der Waals surface area contributed by atoms with Crippen molar-refractivity contribution in [2.75, 3.05) is 43.1 Å². The molecule has 0 aliphatic carbocycles. The molecule has 11 heteroatoms. The van der Waals surface area contributed by atoms with E-state index >= 15 is 0 Å². The van der Waals surface area contributed by atoms with Gasteiger partial charge in [-0.1, -0.05) is 0 Å². The molecule has 1 aromatic heterocycles. The van der Waals surface area contributed by atoms with E-state index in [1.165, 1.54) is 0 Å². The Balaban J connectivity index is 1.36. The van der Waals surface area contributed by atoms with E-state index in [1.54, 1.807) is 16.7 Å². The molecular weight excluding hydrogens is 492 g/mol. The van der Waals surface area contributed by atoms with E-state index < -0.39 is 6.04 Å². The van der Waals surface area contributed by atoms with E-state index in [4.69, 9.17) is 9.41 Å². The molecule has 37 heavy (non-hydrogen) atoms. The zero-order valence-corrected chi connectivity index (χ0v) is 21.9. The molecule has 3 N–H and O–H groups in total. The van der Waals surface area contributed by atoms with Crippen LogP contribution < -0.4 is 16.0 Å². The van der Waals surface area contributed by atoms with E-state index in [0.29, 0.717) is 18.7 Å². The van der Waals surface area contributed by atoms with Crippen molar-refractivity contribution >= 4 is 52.1 Å². The molecule has 2 unspecified atom stereocenters. The van der Waals surface area contributed by atoms with Crippen LogP contribution in [0.4, 0.5) is 5.69 Å². The van der Waals surface area contributed by atoms with E-state index in [-0.39, 0.29) is 36.3 Å². The SMILES string of the molecule is Cc1cc2cc(NC(=NC3CCCCN(CC(=O)N4CCCC4)C3=O)NC(=O)C3CSCN3)ccc2o1. The summed E-state index contributed by atoms with van der Waals surface area (Å²) >= 11 is 1.66. The van der Waals surface area contributed by atoms with E-state index in [9.17, 15) is 14.4 Å². The zero-order valence-electron chi connectivity index (χ0n) is 21.1. The van der Waals surface area contributed by atoms with Crippen LogP contribution in [-0.4, -0.2) is 83.4 Å². The Morgan fingerprint density at radius 1 is 1.16 bits per heavy atom. The number of aliphatic imine (C=N–C) groups is 1. The average Bonchev–Trinajstić information content (AvgIpc) is 3.64. The van der Waals surface area contributed by atoms with Gasteiger partial charge < -0.3 is 19.5 Å². The maximum absolute atomic E-state index is 13.5. The predicted molar refractivity (Wildman–Crippen MR) is 144 cm³/mol. The summed E-state index contributed by atoms with van der Waals surface area (Å²) < 4.78 is 5.67. The lowest BCUT2D eigenvalue weighted by molar-refractivity contribution is -0.140. The Morgan fingerprint density at radius 3 is 2.76 bits per heavy atom. The quantitative estimate of drug-likeness (QED) is 0.404. The lowest BCUT2D eigenvalue weighted by atomic mass is 10.1. The summed E-state index contributed by atoms with van der Waals surface area (Å²) in [7, 11) is 0. The number of furan rings is 1. The van der Waals surface area contributed by atoms with Gasteiger partial charge in [-0.15, -0.1) is 11.8 Å². The summed E-state index contributed by atoms with van der Waals surface area (Å²) in [5, 5.41) is 10.2. The third kappa shape index (κ3) is 6.27. The first-order valence-electron chi connectivity index (χ1n) is 13.0. The number of guanidine groups is 1. The largest absolute Gasteiger partial charge is 0.461 e. The number of anilines is 1. The minimum Gasteiger partial charge on any atom is -0.461 e. The number of likely N-dealkylation sites (tertiary alicyclic amines) is 2. The van der Waals surface area contributed by atoms with Crippen molar-refractivity contribution in [1.82, 2.24) is 20.4 Å². The fraction of sp³-hybridized carbons (Fsp3) is 0.538. The molecule has 2 aromatic rings. The van der Waals surface area contributed by atoms with Crippen LogP contribution in [0.15, 0.2) is 33.7 Å². The molecule has 3 fully saturated rings. The van der Waals surface area contributed by atoms with Crippen LogP contribution in [0.5, 0.6) is 0 Å². The predicted octanol–water partition coefficient (Wildman–Crippen LogP) is 2.29. The van der Waals surface area contributed by atoms with Crippen LogP contribution in [0, 0.1) is 6.92 Å². The second-order valence-electron chi connectivity index (χ2n) is 9.83. The molecule has 198 valence electrons. The van der Waals surface area contributed by atoms with Crippen molar-refractivity contribution in [3.05, 3.63) is 30.0 Å². The monoisotopic (exact) mass is 526 g/mol. The van der Waals surface area contributed by atoms with Crippen LogP contribution in [0.1, 0.15) is 37.9 Å². The minimum absolute atomic E-state index is 0.00403. The van der Waals surface area contributed by atoms with E-state index in [2.05, 4.69) is 16.0 Å². The maximum Gasteiger partial charge on any atom is 0.247 e. The maximum atomic E-state index is 13.5. The Labute approximate surface area is 220 Å². The van der Waals surface area contributed by atoms with Gasteiger partial charge in [0.15, 0.2) is 0 Å². The molecule has 0 radical (unpaired) electrons. The zero-order chi connectivity index (χ0) is 25.8. The van der Waals surface area contributed by atoms with Crippen LogP contribution in [0.25, 0.3) is 11.0 Å². The summed E-state index contributed by atoms with van der Waals surface area (Å²) in [6.45, 7) is 4.04. The Kier molecular flexibility index (Phi) is 7.99. The fourth-order valence-electron chi connectivity index (χ4n) is 5.00. The highest BCUT2D eigenvalue weighted by molar-refractivity contribution is 7.99. The first-order valence-corrected chi connectivity index (χ1v) is 14.2. The molecule has 4 heterocycles. The molecule has 10 nitrogen and oxygen atoms in total. The first-order chi connectivity index (χ1) is 18.0. The van der Waals surface area contributed by atoms with Gasteiger partial charge in [-0.2, -0.15) is 0 Å². The van der Waals surface area contributed by atoms with Gasteiger partial charge in [-0.25, -0.2) is 4.99 Å². The topological polar surface area (TPSA) is 119 Å². The lowest BCUT2D eigenvalue weighted by Crippen LogP contribution is -2.48. The Morgan fingerprint density at radius 2 is 1.97 bits per heavy atom. The average molecular weight is 527 g/mol. The second kappa shape index (κ2) is 11.6. The number of amides is 3. The van der Waals surface area contributed by atoms with Crippen molar-refractivity contribution in [2.24, 2.45) is 4.99 Å². The summed E-state index contributed by atoms with van der Waals surface area (Å²) in [4.78, 5) is 47.4. The fourth-order valence-corrected chi connectivity index (χ4v) is 5.94. The van der Waals surface area contributed by atoms with Gasteiger partial charge in [-0.05, 0) is 63.3 Å². The van der Waals surface area contributed by atoms with Crippen molar-refractivity contribution < 1.29 is 18.8 Å². The molecule has 0 spiro atoms. The summed E-state index contributed by atoms with van der Waals surface area (Å²) in [6, 6.07) is 6.58. The van der Waals surface area contributed by atoms with Gasteiger partial charge in [0.05, 0.1) is 12.6 Å². The molecule has 3 amide bonds. The van der Waals surface area contributed by atoms with Crippen molar-refractivity contribution in [3.8, 4) is 0 Å². The molecule has 3 aliphatic heterocycles. The molecular formula is C26H34N6O4S. The van der Waals surface area contributed by atoms with Crippen molar-refractivity contribution in [2.45, 2.75) is 51.1 Å². The number of nitrogens with zero attached hydrogens (tertiary/aromatic N) is 3. The van der Waals surface area contributed by atoms with E-state index in [1.807, 2.05) is 36.1 Å². The second-order valence-corrected chi connectivity index (χ2v) is 10.9. The van der Waals surface area contributed by atoms with Gasteiger partial charge >= 0.3 is 0 Å². The smallest absolute Gasteiger partial charge is 0.247 e. The number of rotatable bonds is 5. The molecule has 1 aromatic carbocycles. The summed E-state index contributed by atoms with van der Waals surface area (Å²) in [6.07, 6.45) is 4.22. The molecule has 2 atom stereocenters. The highest BCUT2D eigenvalue weighted by atomic mass is 32.2. The molecule has 5 rings (SSSR count). The number of carbonyl (C=O) groups is 3. The number of fused-ring (bicyclic) bond motifs is 1. The van der Waals surface area contributed by atoms with Crippen LogP contribution in [0.3, 0.4) is 0 Å². The van der Waals surface area contributed by atoms with Crippen LogP contribution >= 0.6 is 11.8 Å².